The molecule has 17 heavy (non-hydrogen) atoms. The molecule has 1 aromatic heterocycles. The first kappa shape index (κ1) is 11.3. The standard InChI is InChI=1S/C12H11FN2O2/c1-7-8(2)14-15(11(7)12(16)17)10-5-3-4-9(13)6-10/h3-6H,1-2H3,(H,16,17). The van der Waals surface area contributed by atoms with Gasteiger partial charge < -0.3 is 5.11 Å². The van der Waals surface area contributed by atoms with E-state index in [4.69, 9.17) is 5.11 Å². The summed E-state index contributed by atoms with van der Waals surface area (Å²) in [6.07, 6.45) is 0. The monoisotopic (exact) mass is 234 g/mol. The zero-order valence-electron chi connectivity index (χ0n) is 9.44. The highest BCUT2D eigenvalue weighted by Crippen LogP contribution is 2.18. The predicted octanol–water partition coefficient (Wildman–Crippen LogP) is 2.33. The van der Waals surface area contributed by atoms with Crippen molar-refractivity contribution in [2.75, 3.05) is 0 Å². The summed E-state index contributed by atoms with van der Waals surface area (Å²) in [6, 6.07) is 5.68. The number of benzene rings is 1. The molecule has 0 saturated heterocycles. The van der Waals surface area contributed by atoms with Gasteiger partial charge in [-0.15, -0.1) is 0 Å². The molecule has 1 N–H and O–H groups in total. The van der Waals surface area contributed by atoms with Gasteiger partial charge in [-0.3, -0.25) is 0 Å². The van der Waals surface area contributed by atoms with Crippen molar-refractivity contribution in [3.05, 3.63) is 47.0 Å². The summed E-state index contributed by atoms with van der Waals surface area (Å²) in [6.45, 7) is 3.40. The van der Waals surface area contributed by atoms with Crippen molar-refractivity contribution < 1.29 is 14.3 Å². The van der Waals surface area contributed by atoms with Crippen molar-refractivity contribution in [1.29, 1.82) is 0 Å². The van der Waals surface area contributed by atoms with Crippen LogP contribution in [0.5, 0.6) is 0 Å². The van der Waals surface area contributed by atoms with Crippen molar-refractivity contribution >= 4 is 5.97 Å². The van der Waals surface area contributed by atoms with Gasteiger partial charge in [-0.25, -0.2) is 13.9 Å². The summed E-state index contributed by atoms with van der Waals surface area (Å²) in [7, 11) is 0. The Balaban J connectivity index is 2.67. The molecule has 2 aromatic rings. The van der Waals surface area contributed by atoms with Crippen LogP contribution in [0.1, 0.15) is 21.7 Å². The summed E-state index contributed by atoms with van der Waals surface area (Å²) >= 11 is 0. The Hall–Kier alpha value is -2.17. The molecule has 5 heteroatoms. The van der Waals surface area contributed by atoms with E-state index in [1.807, 2.05) is 0 Å². The number of carboxylic acid groups (broad SMARTS) is 1. The zero-order chi connectivity index (χ0) is 12.6. The number of halogens is 1. The number of hydrogen-bond acceptors (Lipinski definition) is 2. The Morgan fingerprint density at radius 2 is 2.12 bits per heavy atom. The van der Waals surface area contributed by atoms with Crippen molar-refractivity contribution in [3.8, 4) is 5.69 Å². The molecule has 0 aliphatic rings. The van der Waals surface area contributed by atoms with Crippen LogP contribution in [0, 0.1) is 19.7 Å². The molecule has 88 valence electrons. The number of aromatic nitrogens is 2. The number of hydrogen-bond donors (Lipinski definition) is 1. The number of aryl methyl sites for hydroxylation is 1. The highest BCUT2D eigenvalue weighted by atomic mass is 19.1. The van der Waals surface area contributed by atoms with Gasteiger partial charge in [-0.2, -0.15) is 5.10 Å². The first-order valence-electron chi connectivity index (χ1n) is 5.06. The molecule has 1 aromatic carbocycles. The van der Waals surface area contributed by atoms with Crippen LogP contribution in [-0.2, 0) is 0 Å². The molecule has 0 aliphatic heterocycles. The van der Waals surface area contributed by atoms with Crippen molar-refractivity contribution in [2.45, 2.75) is 13.8 Å². The topological polar surface area (TPSA) is 55.1 Å². The van der Waals surface area contributed by atoms with E-state index < -0.39 is 11.8 Å². The van der Waals surface area contributed by atoms with E-state index in [0.29, 0.717) is 16.9 Å². The Morgan fingerprint density at radius 1 is 1.41 bits per heavy atom. The fraction of sp³-hybridized carbons (Fsp3) is 0.167. The molecule has 4 nitrogen and oxygen atoms in total. The van der Waals surface area contributed by atoms with Gasteiger partial charge in [0.2, 0.25) is 0 Å². The molecule has 0 unspecified atom stereocenters. The average Bonchev–Trinajstić information content (AvgIpc) is 2.55. The minimum absolute atomic E-state index is 0.0631. The first-order valence-corrected chi connectivity index (χ1v) is 5.06. The second-order valence-electron chi connectivity index (χ2n) is 3.76. The molecule has 0 spiro atoms. The van der Waals surface area contributed by atoms with Crippen molar-refractivity contribution in [3.63, 3.8) is 0 Å². The lowest BCUT2D eigenvalue weighted by molar-refractivity contribution is 0.0686. The Labute approximate surface area is 97.3 Å². The molecular weight excluding hydrogens is 223 g/mol. The molecule has 0 saturated carbocycles. The van der Waals surface area contributed by atoms with Gasteiger partial charge in [-0.1, -0.05) is 6.07 Å². The van der Waals surface area contributed by atoms with Crippen molar-refractivity contribution in [1.82, 2.24) is 9.78 Å². The lowest BCUT2D eigenvalue weighted by Gasteiger charge is -2.04. The molecule has 2 rings (SSSR count). The van der Waals surface area contributed by atoms with Gasteiger partial charge in [0, 0.05) is 5.56 Å². The third kappa shape index (κ3) is 1.91. The largest absolute Gasteiger partial charge is 0.477 e. The highest BCUT2D eigenvalue weighted by Gasteiger charge is 2.19. The van der Waals surface area contributed by atoms with E-state index >= 15 is 0 Å². The number of aromatic carboxylic acids is 1. The molecule has 0 radical (unpaired) electrons. The molecular formula is C12H11FN2O2. The zero-order valence-corrected chi connectivity index (χ0v) is 9.44. The van der Waals surface area contributed by atoms with E-state index in [1.54, 1.807) is 19.9 Å². The quantitative estimate of drug-likeness (QED) is 0.867. The molecule has 1 heterocycles. The van der Waals surface area contributed by atoms with Gasteiger partial charge in [-0.05, 0) is 32.0 Å². The predicted molar refractivity (Wildman–Crippen MR) is 60.0 cm³/mol. The van der Waals surface area contributed by atoms with E-state index in [1.165, 1.54) is 22.9 Å². The Bertz CT molecular complexity index is 590. The Kier molecular flexibility index (Phi) is 2.67. The normalized spacial score (nSPS) is 10.5. The summed E-state index contributed by atoms with van der Waals surface area (Å²) in [5.74, 6) is -1.50. The van der Waals surface area contributed by atoms with E-state index in [2.05, 4.69) is 5.10 Å². The van der Waals surface area contributed by atoms with Crippen LogP contribution >= 0.6 is 0 Å². The van der Waals surface area contributed by atoms with Crippen LogP contribution < -0.4 is 0 Å². The maximum absolute atomic E-state index is 13.1. The Morgan fingerprint density at radius 3 is 2.71 bits per heavy atom. The average molecular weight is 234 g/mol. The minimum atomic E-state index is -1.08. The second-order valence-corrected chi connectivity index (χ2v) is 3.76. The number of carboxylic acids is 1. The summed E-state index contributed by atoms with van der Waals surface area (Å²) in [5, 5.41) is 13.2. The molecule has 0 bridgehead atoms. The van der Waals surface area contributed by atoms with Gasteiger partial charge in [0.25, 0.3) is 0 Å². The second kappa shape index (κ2) is 4.01. The van der Waals surface area contributed by atoms with Crippen LogP contribution in [0.4, 0.5) is 4.39 Å². The van der Waals surface area contributed by atoms with Gasteiger partial charge in [0.05, 0.1) is 11.4 Å². The third-order valence-corrected chi connectivity index (χ3v) is 2.62. The SMILES string of the molecule is Cc1nn(-c2cccc(F)c2)c(C(=O)O)c1C. The van der Waals surface area contributed by atoms with Gasteiger partial charge in [0.1, 0.15) is 5.82 Å². The van der Waals surface area contributed by atoms with Crippen LogP contribution in [-0.4, -0.2) is 20.9 Å². The van der Waals surface area contributed by atoms with Gasteiger partial charge >= 0.3 is 5.97 Å². The van der Waals surface area contributed by atoms with Crippen LogP contribution in [0.3, 0.4) is 0 Å². The lowest BCUT2D eigenvalue weighted by Crippen LogP contribution is -2.09. The number of rotatable bonds is 2. The highest BCUT2D eigenvalue weighted by molar-refractivity contribution is 5.88. The van der Waals surface area contributed by atoms with E-state index in [-0.39, 0.29) is 5.69 Å². The molecule has 0 amide bonds. The maximum atomic E-state index is 13.1. The molecule has 0 fully saturated rings. The summed E-state index contributed by atoms with van der Waals surface area (Å²) in [4.78, 5) is 11.2. The molecule has 0 atom stereocenters. The van der Waals surface area contributed by atoms with E-state index in [9.17, 15) is 9.18 Å². The minimum Gasteiger partial charge on any atom is -0.477 e. The summed E-state index contributed by atoms with van der Waals surface area (Å²) in [5.41, 5.74) is 1.67. The number of nitrogens with zero attached hydrogens (tertiary/aromatic N) is 2. The smallest absolute Gasteiger partial charge is 0.354 e. The lowest BCUT2D eigenvalue weighted by atomic mass is 10.2. The van der Waals surface area contributed by atoms with Crippen LogP contribution in [0.2, 0.25) is 0 Å². The van der Waals surface area contributed by atoms with Gasteiger partial charge in [0.15, 0.2) is 5.69 Å². The first-order chi connectivity index (χ1) is 8.00. The van der Waals surface area contributed by atoms with Crippen LogP contribution in [0.15, 0.2) is 24.3 Å². The van der Waals surface area contributed by atoms with Crippen LogP contribution in [0.25, 0.3) is 5.69 Å². The van der Waals surface area contributed by atoms with Crippen molar-refractivity contribution in [2.24, 2.45) is 0 Å². The van der Waals surface area contributed by atoms with E-state index in [0.717, 1.165) is 0 Å². The maximum Gasteiger partial charge on any atom is 0.354 e. The number of carbonyl (C=O) groups is 1. The fourth-order valence-corrected chi connectivity index (χ4v) is 1.65. The fourth-order valence-electron chi connectivity index (χ4n) is 1.65. The summed E-state index contributed by atoms with van der Waals surface area (Å²) < 4.78 is 14.4. The molecule has 0 aliphatic carbocycles. The third-order valence-electron chi connectivity index (χ3n) is 2.62.